The van der Waals surface area contributed by atoms with Crippen molar-refractivity contribution in [2.75, 3.05) is 0 Å². The van der Waals surface area contributed by atoms with Crippen molar-refractivity contribution in [3.8, 4) is 17.3 Å². The van der Waals surface area contributed by atoms with Crippen LogP contribution in [0.5, 0.6) is 0 Å². The van der Waals surface area contributed by atoms with Crippen molar-refractivity contribution in [3.05, 3.63) is 65.9 Å². The first-order valence-electron chi connectivity index (χ1n) is 7.05. The molecular formula is C19H12N2S. The van der Waals surface area contributed by atoms with Crippen LogP contribution in [0.25, 0.3) is 31.4 Å². The molecule has 22 heavy (non-hydrogen) atoms. The second-order valence-electron chi connectivity index (χ2n) is 5.30. The highest BCUT2D eigenvalue weighted by Gasteiger charge is 2.12. The van der Waals surface area contributed by atoms with Crippen LogP contribution in [0.1, 0.15) is 11.1 Å². The molecule has 2 heterocycles. The van der Waals surface area contributed by atoms with Gasteiger partial charge in [-0.25, -0.2) is 0 Å². The molecule has 0 aliphatic heterocycles. The summed E-state index contributed by atoms with van der Waals surface area (Å²) in [6.45, 7) is 2.04. The van der Waals surface area contributed by atoms with Gasteiger partial charge in [0.1, 0.15) is 6.07 Å². The third-order valence-electron chi connectivity index (χ3n) is 3.83. The Labute approximate surface area is 132 Å². The van der Waals surface area contributed by atoms with Crippen molar-refractivity contribution in [1.82, 2.24) is 4.98 Å². The van der Waals surface area contributed by atoms with Crippen molar-refractivity contribution in [1.29, 1.82) is 5.26 Å². The molecule has 2 aromatic heterocycles. The average Bonchev–Trinajstić information content (AvgIpc) is 2.94. The van der Waals surface area contributed by atoms with Crippen LogP contribution in [-0.2, 0) is 0 Å². The van der Waals surface area contributed by atoms with E-state index in [1.165, 1.54) is 10.1 Å². The van der Waals surface area contributed by atoms with Crippen LogP contribution in [0.2, 0.25) is 0 Å². The fraction of sp³-hybridized carbons (Fsp3) is 0.0526. The van der Waals surface area contributed by atoms with Crippen LogP contribution in [0.3, 0.4) is 0 Å². The van der Waals surface area contributed by atoms with Gasteiger partial charge < -0.3 is 0 Å². The lowest BCUT2D eigenvalue weighted by atomic mass is 10.1. The second-order valence-corrected chi connectivity index (χ2v) is 6.32. The monoisotopic (exact) mass is 300 g/mol. The molecule has 4 aromatic rings. The summed E-state index contributed by atoms with van der Waals surface area (Å²) < 4.78 is 2.25. The average molecular weight is 300 g/mol. The van der Waals surface area contributed by atoms with Crippen molar-refractivity contribution in [2.24, 2.45) is 0 Å². The van der Waals surface area contributed by atoms with Crippen molar-refractivity contribution >= 4 is 31.5 Å². The van der Waals surface area contributed by atoms with Crippen LogP contribution >= 0.6 is 11.3 Å². The summed E-state index contributed by atoms with van der Waals surface area (Å²) >= 11 is 1.68. The van der Waals surface area contributed by atoms with Crippen LogP contribution in [0.15, 0.2) is 54.7 Å². The number of aryl methyl sites for hydroxylation is 1. The fourth-order valence-corrected chi connectivity index (χ4v) is 4.02. The van der Waals surface area contributed by atoms with Crippen LogP contribution < -0.4 is 0 Å². The molecule has 0 saturated carbocycles. The number of thiophene rings is 1. The van der Waals surface area contributed by atoms with Gasteiger partial charge in [0.25, 0.3) is 0 Å². The summed E-state index contributed by atoms with van der Waals surface area (Å²) in [5.74, 6) is 0. The molecule has 104 valence electrons. The SMILES string of the molecule is Cc1ccc(-c2cccc3c2sc2c(C#N)cccc23)nc1. The van der Waals surface area contributed by atoms with E-state index in [0.29, 0.717) is 0 Å². The molecule has 0 unspecified atom stereocenters. The lowest BCUT2D eigenvalue weighted by Crippen LogP contribution is -1.83. The maximum atomic E-state index is 9.32. The van der Waals surface area contributed by atoms with E-state index in [9.17, 15) is 5.26 Å². The van der Waals surface area contributed by atoms with E-state index in [1.807, 2.05) is 25.3 Å². The zero-order valence-corrected chi connectivity index (χ0v) is 12.8. The van der Waals surface area contributed by atoms with Gasteiger partial charge in [-0.05, 0) is 24.6 Å². The third kappa shape index (κ3) is 1.89. The standard InChI is InChI=1S/C19H12N2S/c1-12-8-9-17(21-11-12)16-7-3-6-15-14-5-2-4-13(10-20)18(14)22-19(15)16/h2-9,11H,1H3. The molecule has 0 aliphatic rings. The Hall–Kier alpha value is -2.70. The molecule has 0 atom stereocenters. The van der Waals surface area contributed by atoms with E-state index in [2.05, 4.69) is 47.5 Å². The maximum absolute atomic E-state index is 9.32. The first-order valence-corrected chi connectivity index (χ1v) is 7.87. The van der Waals surface area contributed by atoms with Crippen LogP contribution in [0.4, 0.5) is 0 Å². The van der Waals surface area contributed by atoms with E-state index in [1.54, 1.807) is 11.3 Å². The van der Waals surface area contributed by atoms with E-state index in [0.717, 1.165) is 32.5 Å². The van der Waals surface area contributed by atoms with Crippen molar-refractivity contribution in [3.63, 3.8) is 0 Å². The molecule has 0 saturated heterocycles. The van der Waals surface area contributed by atoms with Crippen LogP contribution in [0, 0.1) is 18.3 Å². The predicted molar refractivity (Wildman–Crippen MR) is 92.0 cm³/mol. The molecule has 0 radical (unpaired) electrons. The zero-order valence-electron chi connectivity index (χ0n) is 12.0. The Morgan fingerprint density at radius 1 is 0.955 bits per heavy atom. The zero-order chi connectivity index (χ0) is 15.1. The van der Waals surface area contributed by atoms with Gasteiger partial charge in [0.2, 0.25) is 0 Å². The number of aromatic nitrogens is 1. The van der Waals surface area contributed by atoms with E-state index in [4.69, 9.17) is 0 Å². The number of nitriles is 1. The minimum Gasteiger partial charge on any atom is -0.256 e. The third-order valence-corrected chi connectivity index (χ3v) is 5.12. The van der Waals surface area contributed by atoms with Gasteiger partial charge in [-0.1, -0.05) is 36.4 Å². The minimum absolute atomic E-state index is 0.738. The summed E-state index contributed by atoms with van der Waals surface area (Å²) in [6, 6.07) is 18.6. The molecular weight excluding hydrogens is 288 g/mol. The van der Waals surface area contributed by atoms with Gasteiger partial charge >= 0.3 is 0 Å². The molecule has 0 fully saturated rings. The molecule has 3 heteroatoms. The molecule has 0 N–H and O–H groups in total. The summed E-state index contributed by atoms with van der Waals surface area (Å²) in [4.78, 5) is 4.55. The molecule has 0 bridgehead atoms. The maximum Gasteiger partial charge on any atom is 0.101 e. The summed E-state index contributed by atoms with van der Waals surface area (Å²) in [5.41, 5.74) is 3.99. The number of benzene rings is 2. The van der Waals surface area contributed by atoms with E-state index in [-0.39, 0.29) is 0 Å². The number of pyridine rings is 1. The largest absolute Gasteiger partial charge is 0.256 e. The van der Waals surface area contributed by atoms with Gasteiger partial charge in [-0.3, -0.25) is 4.98 Å². The highest BCUT2D eigenvalue weighted by molar-refractivity contribution is 7.26. The van der Waals surface area contributed by atoms with Crippen LogP contribution in [-0.4, -0.2) is 4.98 Å². The highest BCUT2D eigenvalue weighted by atomic mass is 32.1. The van der Waals surface area contributed by atoms with Gasteiger partial charge in [-0.2, -0.15) is 5.26 Å². The Balaban J connectivity index is 2.09. The Morgan fingerprint density at radius 3 is 2.45 bits per heavy atom. The molecule has 0 spiro atoms. The first kappa shape index (κ1) is 13.0. The summed E-state index contributed by atoms with van der Waals surface area (Å²) in [6.07, 6.45) is 1.89. The molecule has 2 aromatic carbocycles. The van der Waals surface area contributed by atoms with Gasteiger partial charge in [0.15, 0.2) is 0 Å². The lowest BCUT2D eigenvalue weighted by Gasteiger charge is -2.03. The molecule has 4 rings (SSSR count). The molecule has 0 amide bonds. The quantitative estimate of drug-likeness (QED) is 0.478. The van der Waals surface area contributed by atoms with Crippen molar-refractivity contribution in [2.45, 2.75) is 6.92 Å². The molecule has 0 aliphatic carbocycles. The number of hydrogen-bond donors (Lipinski definition) is 0. The van der Waals surface area contributed by atoms with E-state index < -0.39 is 0 Å². The number of nitrogens with zero attached hydrogens (tertiary/aromatic N) is 2. The van der Waals surface area contributed by atoms with Gasteiger partial charge in [-0.15, -0.1) is 11.3 Å². The van der Waals surface area contributed by atoms with Gasteiger partial charge in [0.05, 0.1) is 16.0 Å². The highest BCUT2D eigenvalue weighted by Crippen LogP contribution is 2.40. The topological polar surface area (TPSA) is 36.7 Å². The smallest absolute Gasteiger partial charge is 0.101 e. The summed E-state index contributed by atoms with van der Waals surface area (Å²) in [7, 11) is 0. The number of hydrogen-bond acceptors (Lipinski definition) is 3. The second kappa shape index (κ2) is 4.94. The van der Waals surface area contributed by atoms with Crippen molar-refractivity contribution < 1.29 is 0 Å². The predicted octanol–water partition coefficient (Wildman–Crippen LogP) is 5.30. The lowest BCUT2D eigenvalue weighted by molar-refractivity contribution is 1.27. The Morgan fingerprint density at radius 2 is 1.73 bits per heavy atom. The molecule has 2 nitrogen and oxygen atoms in total. The fourth-order valence-electron chi connectivity index (χ4n) is 2.74. The van der Waals surface area contributed by atoms with E-state index >= 15 is 0 Å². The first-order chi connectivity index (χ1) is 10.8. The Bertz CT molecular complexity index is 1040. The number of fused-ring (bicyclic) bond motifs is 3. The minimum atomic E-state index is 0.738. The Kier molecular flexibility index (Phi) is 2.92. The number of rotatable bonds is 1. The van der Waals surface area contributed by atoms with Gasteiger partial charge in [0, 0.05) is 27.2 Å². The summed E-state index contributed by atoms with van der Waals surface area (Å²) in [5, 5.41) is 11.7. The normalized spacial score (nSPS) is 10.9.